The van der Waals surface area contributed by atoms with Gasteiger partial charge in [-0.3, -0.25) is 0 Å². The molecule has 6 nitrogen and oxygen atoms in total. The number of rotatable bonds is 2. The van der Waals surface area contributed by atoms with Crippen LogP contribution >= 0.6 is 0 Å². The van der Waals surface area contributed by atoms with Gasteiger partial charge in [0.1, 0.15) is 17.7 Å². The maximum absolute atomic E-state index is 11.2. The summed E-state index contributed by atoms with van der Waals surface area (Å²) in [5.74, 6) is -0.484. The van der Waals surface area contributed by atoms with Gasteiger partial charge in [0.15, 0.2) is 5.82 Å². The maximum Gasteiger partial charge on any atom is 0.326 e. The quantitative estimate of drug-likeness (QED) is 0.837. The lowest BCUT2D eigenvalue weighted by Crippen LogP contribution is -2.37. The van der Waals surface area contributed by atoms with Crippen LogP contribution in [0.15, 0.2) is 0 Å². The number of nitriles is 1. The van der Waals surface area contributed by atoms with Gasteiger partial charge >= 0.3 is 5.97 Å². The first kappa shape index (κ1) is 12.3. The van der Waals surface area contributed by atoms with Crippen molar-refractivity contribution in [2.45, 2.75) is 32.7 Å². The number of carboxylic acids is 1. The fourth-order valence-corrected chi connectivity index (χ4v) is 2.21. The normalized spacial score (nSPS) is 18.7. The first-order valence-corrected chi connectivity index (χ1v) is 5.79. The molecule has 1 aromatic rings. The van der Waals surface area contributed by atoms with Crippen LogP contribution < -0.4 is 4.90 Å². The predicted molar refractivity (Wildman–Crippen MR) is 64.2 cm³/mol. The van der Waals surface area contributed by atoms with Crippen molar-refractivity contribution in [3.8, 4) is 6.07 Å². The first-order valence-electron chi connectivity index (χ1n) is 5.79. The second-order valence-corrected chi connectivity index (χ2v) is 4.41. The van der Waals surface area contributed by atoms with Crippen molar-refractivity contribution in [1.82, 2.24) is 10.2 Å². The molecule has 1 N–H and O–H groups in total. The Morgan fingerprint density at radius 2 is 2.22 bits per heavy atom. The summed E-state index contributed by atoms with van der Waals surface area (Å²) in [5, 5.41) is 26.4. The van der Waals surface area contributed by atoms with Gasteiger partial charge in [-0.2, -0.15) is 10.4 Å². The minimum absolute atomic E-state index is 0.394. The molecule has 6 heteroatoms. The van der Waals surface area contributed by atoms with Crippen molar-refractivity contribution in [3.05, 3.63) is 16.8 Å². The second kappa shape index (κ2) is 4.61. The predicted octanol–water partition coefficient (Wildman–Crippen LogP) is 1.02. The third-order valence-electron chi connectivity index (χ3n) is 3.36. The molecular formula is C12H14N4O2. The Labute approximate surface area is 105 Å². The van der Waals surface area contributed by atoms with E-state index in [0.717, 1.165) is 12.0 Å². The Morgan fingerprint density at radius 3 is 2.83 bits per heavy atom. The monoisotopic (exact) mass is 246 g/mol. The number of nitrogens with zero attached hydrogens (tertiary/aromatic N) is 4. The van der Waals surface area contributed by atoms with E-state index >= 15 is 0 Å². The summed E-state index contributed by atoms with van der Waals surface area (Å²) in [6.45, 7) is 4.19. The molecule has 0 saturated carbocycles. The lowest BCUT2D eigenvalue weighted by Gasteiger charge is -2.23. The molecule has 1 fully saturated rings. The Balaban J connectivity index is 2.49. The molecular weight excluding hydrogens is 232 g/mol. The van der Waals surface area contributed by atoms with Crippen LogP contribution in [-0.2, 0) is 4.79 Å². The number of aliphatic carboxylic acids is 1. The van der Waals surface area contributed by atoms with Gasteiger partial charge in [0, 0.05) is 6.54 Å². The summed E-state index contributed by atoms with van der Waals surface area (Å²) in [5.41, 5.74) is 1.88. The van der Waals surface area contributed by atoms with Crippen LogP contribution in [0, 0.1) is 25.2 Å². The van der Waals surface area contributed by atoms with Crippen molar-refractivity contribution in [2.75, 3.05) is 11.4 Å². The van der Waals surface area contributed by atoms with Gasteiger partial charge in [0.05, 0.1) is 5.69 Å². The van der Waals surface area contributed by atoms with Crippen molar-refractivity contribution in [1.29, 1.82) is 5.26 Å². The molecule has 2 rings (SSSR count). The van der Waals surface area contributed by atoms with Gasteiger partial charge in [-0.1, -0.05) is 0 Å². The van der Waals surface area contributed by atoms with Crippen LogP contribution in [0.25, 0.3) is 0 Å². The van der Waals surface area contributed by atoms with Crippen LogP contribution in [0.5, 0.6) is 0 Å². The average molecular weight is 246 g/mol. The van der Waals surface area contributed by atoms with Gasteiger partial charge in [-0.15, -0.1) is 5.10 Å². The van der Waals surface area contributed by atoms with Crippen LogP contribution in [0.2, 0.25) is 0 Å². The smallest absolute Gasteiger partial charge is 0.326 e. The minimum Gasteiger partial charge on any atom is -0.480 e. The molecule has 1 unspecified atom stereocenters. The Bertz CT molecular complexity index is 536. The number of hydrogen-bond acceptors (Lipinski definition) is 5. The fraction of sp³-hybridized carbons (Fsp3) is 0.500. The number of carbonyl (C=O) groups is 1. The van der Waals surface area contributed by atoms with Crippen molar-refractivity contribution >= 4 is 11.8 Å². The number of aromatic nitrogens is 2. The summed E-state index contributed by atoms with van der Waals surface area (Å²) >= 11 is 0. The molecule has 94 valence electrons. The molecule has 0 aliphatic carbocycles. The van der Waals surface area contributed by atoms with Gasteiger partial charge in [-0.05, 0) is 32.3 Å². The molecule has 1 aliphatic rings. The Hall–Kier alpha value is -2.16. The second-order valence-electron chi connectivity index (χ2n) is 4.41. The highest BCUT2D eigenvalue weighted by atomic mass is 16.4. The number of aryl methyl sites for hydroxylation is 1. The minimum atomic E-state index is -0.878. The van der Waals surface area contributed by atoms with Crippen molar-refractivity contribution in [2.24, 2.45) is 0 Å². The van der Waals surface area contributed by atoms with E-state index in [1.807, 2.05) is 0 Å². The van der Waals surface area contributed by atoms with E-state index < -0.39 is 12.0 Å². The van der Waals surface area contributed by atoms with E-state index in [-0.39, 0.29) is 0 Å². The largest absolute Gasteiger partial charge is 0.480 e. The highest BCUT2D eigenvalue weighted by molar-refractivity contribution is 5.79. The van der Waals surface area contributed by atoms with Crippen molar-refractivity contribution in [3.63, 3.8) is 0 Å². The fourth-order valence-electron chi connectivity index (χ4n) is 2.21. The summed E-state index contributed by atoms with van der Waals surface area (Å²) in [7, 11) is 0. The lowest BCUT2D eigenvalue weighted by molar-refractivity contribution is -0.138. The van der Waals surface area contributed by atoms with Gasteiger partial charge in [0.25, 0.3) is 0 Å². The summed E-state index contributed by atoms with van der Waals surface area (Å²) in [6.07, 6.45) is 1.37. The zero-order valence-electron chi connectivity index (χ0n) is 10.3. The van der Waals surface area contributed by atoms with E-state index in [9.17, 15) is 10.1 Å². The number of carboxylic acid groups (broad SMARTS) is 1. The Morgan fingerprint density at radius 1 is 1.50 bits per heavy atom. The number of hydrogen-bond donors (Lipinski definition) is 1. The summed E-state index contributed by atoms with van der Waals surface area (Å²) in [6, 6.07) is 1.50. The van der Waals surface area contributed by atoms with E-state index in [0.29, 0.717) is 30.0 Å². The zero-order valence-corrected chi connectivity index (χ0v) is 10.3. The summed E-state index contributed by atoms with van der Waals surface area (Å²) < 4.78 is 0. The standard InChI is InChI=1S/C12H14N4O2/c1-7-8(2)14-15-11(9(7)6-13)16-5-3-4-10(16)12(17)18/h10H,3-5H2,1-2H3,(H,17,18). The Kier molecular flexibility index (Phi) is 3.15. The van der Waals surface area contributed by atoms with E-state index in [1.54, 1.807) is 18.7 Å². The van der Waals surface area contributed by atoms with E-state index in [4.69, 9.17) is 5.11 Å². The average Bonchev–Trinajstić information content (AvgIpc) is 2.81. The first-order chi connectivity index (χ1) is 8.56. The molecule has 18 heavy (non-hydrogen) atoms. The zero-order chi connectivity index (χ0) is 13.3. The molecule has 0 amide bonds. The third kappa shape index (κ3) is 1.88. The van der Waals surface area contributed by atoms with Gasteiger partial charge in [0.2, 0.25) is 0 Å². The molecule has 0 radical (unpaired) electrons. The number of anilines is 1. The van der Waals surface area contributed by atoms with E-state index in [1.165, 1.54) is 0 Å². The summed E-state index contributed by atoms with van der Waals surface area (Å²) in [4.78, 5) is 12.8. The van der Waals surface area contributed by atoms with E-state index in [2.05, 4.69) is 16.3 Å². The third-order valence-corrected chi connectivity index (χ3v) is 3.36. The maximum atomic E-state index is 11.2. The molecule has 0 bridgehead atoms. The van der Waals surface area contributed by atoms with Gasteiger partial charge < -0.3 is 10.0 Å². The lowest BCUT2D eigenvalue weighted by atomic mass is 10.1. The molecule has 1 atom stereocenters. The van der Waals surface area contributed by atoms with Gasteiger partial charge in [-0.25, -0.2) is 4.79 Å². The molecule has 1 aliphatic heterocycles. The van der Waals surface area contributed by atoms with Crippen LogP contribution in [0.1, 0.15) is 29.7 Å². The highest BCUT2D eigenvalue weighted by Gasteiger charge is 2.33. The topological polar surface area (TPSA) is 90.1 Å². The van der Waals surface area contributed by atoms with Crippen LogP contribution in [-0.4, -0.2) is 33.9 Å². The molecule has 0 spiro atoms. The SMILES string of the molecule is Cc1nnc(N2CCCC2C(=O)O)c(C#N)c1C. The molecule has 1 saturated heterocycles. The highest BCUT2D eigenvalue weighted by Crippen LogP contribution is 2.28. The molecule has 2 heterocycles. The van der Waals surface area contributed by atoms with Crippen LogP contribution in [0.4, 0.5) is 5.82 Å². The molecule has 0 aromatic carbocycles. The molecule has 1 aromatic heterocycles. The van der Waals surface area contributed by atoms with Crippen LogP contribution in [0.3, 0.4) is 0 Å². The van der Waals surface area contributed by atoms with Crippen molar-refractivity contribution < 1.29 is 9.90 Å².